The van der Waals surface area contributed by atoms with Crippen molar-refractivity contribution in [2.45, 2.75) is 464 Å². The normalized spacial score (nSPS) is 11.6. The van der Waals surface area contributed by atoms with E-state index < -0.39 is 29.0 Å². The summed E-state index contributed by atoms with van der Waals surface area (Å²) in [6, 6.07) is 0. The molecule has 20 heteroatoms. The number of aliphatic hydroxyl groups excluding tert-OH is 12. The second-order valence-corrected chi connectivity index (χ2v) is 54.1. The van der Waals surface area contributed by atoms with Crippen LogP contribution in [0.4, 0.5) is 0 Å². The molecule has 0 radical (unpaired) electrons. The lowest BCUT2D eigenvalue weighted by atomic mass is 10.0. The molecule has 0 saturated carbocycles. The van der Waals surface area contributed by atoms with E-state index in [4.69, 9.17) is 0 Å². The molecule has 120 heavy (non-hydrogen) atoms. The molecule has 0 aliphatic rings. The molecule has 0 aliphatic carbocycles. The third-order valence-corrected chi connectivity index (χ3v) is 45.7. The maximum atomic E-state index is 9.29. The van der Waals surface area contributed by atoms with E-state index in [1.807, 2.05) is 0 Å². The van der Waals surface area contributed by atoms with Gasteiger partial charge in [-0.25, -0.2) is 0 Å². The summed E-state index contributed by atoms with van der Waals surface area (Å²) in [5, 5.41) is 112. The van der Waals surface area contributed by atoms with Crippen LogP contribution in [0.1, 0.15) is 464 Å². The Morgan fingerprint density at radius 1 is 0.100 bits per heavy atom. The van der Waals surface area contributed by atoms with Crippen LogP contribution in [-0.4, -0.2) is 239 Å². The largest absolute Gasteiger partial charge is 1.00 e. The zero-order chi connectivity index (χ0) is 85.9. The molecule has 0 amide bonds. The molecular formula is C100H216F4O12P4. The fourth-order valence-electron chi connectivity index (χ4n) is 18.1. The predicted molar refractivity (Wildman–Crippen MR) is 527 cm³/mol. The number of rotatable bonds is 96. The van der Waals surface area contributed by atoms with Gasteiger partial charge in [0, 0.05) is 185 Å². The molecule has 0 aromatic heterocycles. The van der Waals surface area contributed by atoms with Crippen LogP contribution in [0.3, 0.4) is 0 Å². The fourth-order valence-corrected chi connectivity index (χ4v) is 36.8. The monoisotopic (exact) mass is 1810 g/mol. The first kappa shape index (κ1) is 136. The Hall–Kier alpha value is 0.960. The fraction of sp³-hybridized carbons (Fsp3) is 1.00. The molecule has 0 unspecified atom stereocenters. The van der Waals surface area contributed by atoms with Gasteiger partial charge in [-0.2, -0.15) is 0 Å². The van der Waals surface area contributed by atoms with E-state index in [9.17, 15) is 61.3 Å². The van der Waals surface area contributed by atoms with E-state index >= 15 is 0 Å². The predicted octanol–water partition coefficient (Wildman–Crippen LogP) is 14.5. The van der Waals surface area contributed by atoms with Gasteiger partial charge in [0.25, 0.3) is 0 Å². The molecule has 0 spiro atoms. The molecule has 0 fully saturated rings. The highest BCUT2D eigenvalue weighted by atomic mass is 31.2. The van der Waals surface area contributed by atoms with Crippen molar-refractivity contribution in [3.63, 3.8) is 0 Å². The van der Waals surface area contributed by atoms with Gasteiger partial charge in [-0.3, -0.25) is 0 Å². The first-order chi connectivity index (χ1) is 57.0. The van der Waals surface area contributed by atoms with Crippen molar-refractivity contribution in [1.82, 2.24) is 0 Å². The van der Waals surface area contributed by atoms with Crippen molar-refractivity contribution < 1.29 is 80.1 Å². The maximum Gasteiger partial charge on any atom is 0.0616 e. The third kappa shape index (κ3) is 99.5. The number of hydrogen-bond donors (Lipinski definition) is 12. The van der Waals surface area contributed by atoms with Crippen molar-refractivity contribution in [1.29, 1.82) is 0 Å². The SMILES string of the molecule is CCCCCCCCCCCCCCCC[P+](CCCO)(CCCO)CCCO.CCCCCCCCCCCCCCCC[P+](CCCO)(CCCO)CCCO.CCCCCCCCCCCCCCCC[P+](CCCO)(CCCO)CCCO.CCCCCCCCCCCCCCCC[P+](CCCO)(CCCO)CCCO.[F-].[F-].[F-].[F-]. The van der Waals surface area contributed by atoms with E-state index in [0.29, 0.717) is 0 Å². The number of hydrogen-bond acceptors (Lipinski definition) is 12. The smallest absolute Gasteiger partial charge is 0.0616 e. The lowest BCUT2D eigenvalue weighted by Crippen LogP contribution is -3.00. The highest BCUT2D eigenvalue weighted by Gasteiger charge is 2.38. The van der Waals surface area contributed by atoms with E-state index in [0.717, 1.165) is 151 Å². The van der Waals surface area contributed by atoms with Gasteiger partial charge in [-0.1, -0.05) is 336 Å². The first-order valence-corrected chi connectivity index (χ1v) is 61.8. The maximum absolute atomic E-state index is 9.29. The summed E-state index contributed by atoms with van der Waals surface area (Å²) >= 11 is 0. The Kier molecular flexibility index (Phi) is 132. The molecule has 12 nitrogen and oxygen atoms in total. The summed E-state index contributed by atoms with van der Waals surface area (Å²) in [5.74, 6) is 0. The van der Waals surface area contributed by atoms with E-state index in [-0.39, 0.29) is 98.1 Å². The van der Waals surface area contributed by atoms with Crippen molar-refractivity contribution >= 4 is 29.0 Å². The molecule has 0 aromatic rings. The van der Waals surface area contributed by atoms with Crippen molar-refractivity contribution in [3.8, 4) is 0 Å². The van der Waals surface area contributed by atoms with Crippen LogP contribution < -0.4 is 18.8 Å². The Morgan fingerprint density at radius 3 is 0.242 bits per heavy atom. The molecule has 0 aliphatic heterocycles. The molecule has 0 bridgehead atoms. The lowest BCUT2D eigenvalue weighted by Gasteiger charge is -2.27. The molecule has 0 saturated heterocycles. The molecule has 736 valence electrons. The van der Waals surface area contributed by atoms with E-state index in [1.54, 1.807) is 0 Å². The van der Waals surface area contributed by atoms with Crippen LogP contribution in [0.15, 0.2) is 0 Å². The Balaban J connectivity index is -0.000000230. The Labute approximate surface area is 747 Å². The van der Waals surface area contributed by atoms with Crippen LogP contribution in [0, 0.1) is 0 Å². The zero-order valence-corrected chi connectivity index (χ0v) is 84.1. The average molecular weight is 1810 g/mol. The minimum absolute atomic E-state index is 0. The lowest BCUT2D eigenvalue weighted by molar-refractivity contribution is -0.00100. The van der Waals surface area contributed by atoms with Gasteiger partial charge in [0.1, 0.15) is 0 Å². The summed E-state index contributed by atoms with van der Waals surface area (Å²) in [7, 11) is -4.44. The van der Waals surface area contributed by atoms with Crippen molar-refractivity contribution in [2.75, 3.05) is 178 Å². The number of aliphatic hydroxyl groups is 12. The Bertz CT molecular complexity index is 1430. The minimum Gasteiger partial charge on any atom is -1.00 e. The quantitative estimate of drug-likeness (QED) is 0.0155. The van der Waals surface area contributed by atoms with Crippen molar-refractivity contribution in [3.05, 3.63) is 0 Å². The van der Waals surface area contributed by atoms with Gasteiger partial charge in [-0.15, -0.1) is 0 Å². The Morgan fingerprint density at radius 2 is 0.167 bits per heavy atom. The van der Waals surface area contributed by atoms with Crippen LogP contribution in [-0.2, 0) is 0 Å². The summed E-state index contributed by atoms with van der Waals surface area (Å²) in [5.41, 5.74) is 0. The van der Waals surface area contributed by atoms with Crippen LogP contribution in [0.25, 0.3) is 0 Å². The molecule has 0 heterocycles. The number of halogens is 4. The summed E-state index contributed by atoms with van der Waals surface area (Å²) in [4.78, 5) is 0. The molecule has 12 N–H and O–H groups in total. The van der Waals surface area contributed by atoms with Crippen LogP contribution in [0.5, 0.6) is 0 Å². The van der Waals surface area contributed by atoms with Gasteiger partial charge in [0.15, 0.2) is 0 Å². The van der Waals surface area contributed by atoms with Crippen LogP contribution >= 0.6 is 29.0 Å². The molecule has 0 aromatic carbocycles. The topological polar surface area (TPSA) is 243 Å². The van der Waals surface area contributed by atoms with Gasteiger partial charge in [-0.05, 0) is 51.4 Å². The van der Waals surface area contributed by atoms with Gasteiger partial charge in [0.2, 0.25) is 0 Å². The van der Waals surface area contributed by atoms with Gasteiger partial charge >= 0.3 is 0 Å². The zero-order valence-electron chi connectivity index (χ0n) is 80.5. The average Bonchev–Trinajstić information content (AvgIpc) is 0.894. The van der Waals surface area contributed by atoms with Crippen molar-refractivity contribution in [2.24, 2.45) is 0 Å². The highest BCUT2D eigenvalue weighted by molar-refractivity contribution is 7.77. The molecule has 0 atom stereocenters. The van der Waals surface area contributed by atoms with Crippen LogP contribution in [0.2, 0.25) is 0 Å². The standard InChI is InChI=1S/4C25H54O3P.4FH/c4*1-2-3-4-5-6-7-8-9-10-11-12-13-14-15-22-29(23-16-19-26,24-17-20-27)25-18-21-28;;;;/h4*26-28H,2-25H2,1H3;4*1H/q4*+1;;;;/p-4. The second kappa shape index (κ2) is 116. The molecular weight excluding hydrogens is 1590 g/mol. The summed E-state index contributed by atoms with van der Waals surface area (Å²) in [6.07, 6.45) is 108. The minimum atomic E-state index is -1.11. The summed E-state index contributed by atoms with van der Waals surface area (Å²) in [6.45, 7) is 12.4. The summed E-state index contributed by atoms with van der Waals surface area (Å²) < 4.78 is 0. The second-order valence-electron chi connectivity index (χ2n) is 36.3. The third-order valence-electron chi connectivity index (χ3n) is 25.4. The molecule has 0 rings (SSSR count). The van der Waals surface area contributed by atoms with E-state index in [1.165, 1.54) is 384 Å². The van der Waals surface area contributed by atoms with Gasteiger partial charge < -0.3 is 80.1 Å². The van der Waals surface area contributed by atoms with Gasteiger partial charge in [0.05, 0.1) is 98.6 Å². The highest BCUT2D eigenvalue weighted by Crippen LogP contribution is 2.63. The first-order valence-electron chi connectivity index (χ1n) is 51.7. The van der Waals surface area contributed by atoms with E-state index in [2.05, 4.69) is 27.7 Å². The number of unbranched alkanes of at least 4 members (excludes halogenated alkanes) is 52.